The fourth-order valence-electron chi connectivity index (χ4n) is 4.05. The molecule has 5 heteroatoms. The van der Waals surface area contributed by atoms with Gasteiger partial charge in [-0.15, -0.1) is 0 Å². The van der Waals surface area contributed by atoms with Crippen LogP contribution >= 0.6 is 0 Å². The van der Waals surface area contributed by atoms with Crippen LogP contribution in [0.5, 0.6) is 0 Å². The summed E-state index contributed by atoms with van der Waals surface area (Å²) in [6, 6.07) is 10.1. The number of carbonyl (C=O) groups is 2. The number of primary amides is 1. The van der Waals surface area contributed by atoms with Crippen LogP contribution in [0.25, 0.3) is 0 Å². The number of hydrogen-bond donors (Lipinski definition) is 1. The summed E-state index contributed by atoms with van der Waals surface area (Å²) in [7, 11) is 0. The molecular weight excluding hydrogens is 290 g/mol. The van der Waals surface area contributed by atoms with Gasteiger partial charge in [-0.25, -0.2) is 0 Å². The molecule has 1 aromatic carbocycles. The zero-order valence-electron chi connectivity index (χ0n) is 13.5. The van der Waals surface area contributed by atoms with Crippen molar-refractivity contribution in [2.24, 2.45) is 11.1 Å². The molecule has 3 rings (SSSR count). The number of likely N-dealkylation sites (tertiary alicyclic amines) is 2. The minimum absolute atomic E-state index is 0.121. The lowest BCUT2D eigenvalue weighted by Crippen LogP contribution is -2.54. The monoisotopic (exact) mass is 315 g/mol. The lowest BCUT2D eigenvalue weighted by Gasteiger charge is -2.48. The molecule has 2 amide bonds. The van der Waals surface area contributed by atoms with E-state index in [2.05, 4.69) is 17.0 Å². The van der Waals surface area contributed by atoms with Crippen molar-refractivity contribution < 1.29 is 9.59 Å². The number of benzene rings is 1. The zero-order chi connectivity index (χ0) is 16.3. The molecule has 124 valence electrons. The number of rotatable bonds is 4. The van der Waals surface area contributed by atoms with Crippen LogP contribution in [-0.4, -0.2) is 47.8 Å². The smallest absolute Gasteiger partial charge is 0.231 e. The summed E-state index contributed by atoms with van der Waals surface area (Å²) in [5.41, 5.74) is 6.64. The topological polar surface area (TPSA) is 66.6 Å². The maximum atomic E-state index is 12.3. The van der Waals surface area contributed by atoms with Crippen LogP contribution in [0.2, 0.25) is 0 Å². The Labute approximate surface area is 137 Å². The molecule has 2 N–H and O–H groups in total. The van der Waals surface area contributed by atoms with E-state index in [9.17, 15) is 9.59 Å². The molecule has 1 spiro atoms. The molecule has 0 radical (unpaired) electrons. The van der Waals surface area contributed by atoms with Crippen LogP contribution in [0.3, 0.4) is 0 Å². The van der Waals surface area contributed by atoms with Gasteiger partial charge in [-0.3, -0.25) is 14.5 Å². The van der Waals surface area contributed by atoms with Crippen molar-refractivity contribution in [3.05, 3.63) is 35.9 Å². The third-order valence-corrected chi connectivity index (χ3v) is 5.08. The van der Waals surface area contributed by atoms with Gasteiger partial charge in [0.2, 0.25) is 11.8 Å². The third-order valence-electron chi connectivity index (χ3n) is 5.08. The Morgan fingerprint density at radius 2 is 1.96 bits per heavy atom. The van der Waals surface area contributed by atoms with Crippen molar-refractivity contribution in [2.45, 2.75) is 32.2 Å². The molecular formula is C18H25N3O2. The fraction of sp³-hybridized carbons (Fsp3) is 0.556. The summed E-state index contributed by atoms with van der Waals surface area (Å²) in [5, 5.41) is 0. The van der Waals surface area contributed by atoms with E-state index >= 15 is 0 Å². The Bertz CT molecular complexity index is 575. The van der Waals surface area contributed by atoms with Gasteiger partial charge in [0.25, 0.3) is 0 Å². The van der Waals surface area contributed by atoms with Crippen molar-refractivity contribution in [3.8, 4) is 0 Å². The molecule has 23 heavy (non-hydrogen) atoms. The first-order valence-electron chi connectivity index (χ1n) is 8.39. The van der Waals surface area contributed by atoms with Crippen LogP contribution in [0, 0.1) is 5.41 Å². The molecule has 2 saturated heterocycles. The summed E-state index contributed by atoms with van der Waals surface area (Å²) < 4.78 is 0. The Balaban J connectivity index is 1.69. The second-order valence-corrected chi connectivity index (χ2v) is 7.02. The van der Waals surface area contributed by atoms with Crippen molar-refractivity contribution in [3.63, 3.8) is 0 Å². The molecule has 0 aromatic heterocycles. The van der Waals surface area contributed by atoms with Crippen molar-refractivity contribution in [1.29, 1.82) is 0 Å². The van der Waals surface area contributed by atoms with E-state index in [0.717, 1.165) is 38.9 Å². The average Bonchev–Trinajstić information content (AvgIpc) is 2.52. The van der Waals surface area contributed by atoms with Gasteiger partial charge in [0, 0.05) is 31.5 Å². The molecule has 5 nitrogen and oxygen atoms in total. The van der Waals surface area contributed by atoms with Gasteiger partial charge in [-0.05, 0) is 31.4 Å². The van der Waals surface area contributed by atoms with E-state index in [4.69, 9.17) is 5.73 Å². The minimum Gasteiger partial charge on any atom is -0.369 e. The maximum absolute atomic E-state index is 12.3. The number of piperidine rings is 2. The first-order valence-corrected chi connectivity index (χ1v) is 8.39. The first-order chi connectivity index (χ1) is 11.1. The number of amides is 2. The molecule has 0 saturated carbocycles. The number of nitrogens with two attached hydrogens (primary N) is 1. The second kappa shape index (κ2) is 6.71. The second-order valence-electron chi connectivity index (χ2n) is 7.02. The SMILES string of the molecule is NC(=O)CN1CCC[C@@]2(CCC(=O)N(Cc3ccccc3)C2)C1. The van der Waals surface area contributed by atoms with Crippen molar-refractivity contribution in [2.75, 3.05) is 26.2 Å². The van der Waals surface area contributed by atoms with Gasteiger partial charge in [0.15, 0.2) is 0 Å². The number of carbonyl (C=O) groups excluding carboxylic acids is 2. The highest BCUT2D eigenvalue weighted by Gasteiger charge is 2.41. The number of hydrogen-bond acceptors (Lipinski definition) is 3. The summed E-state index contributed by atoms with van der Waals surface area (Å²) in [6.07, 6.45) is 3.73. The molecule has 1 aromatic rings. The van der Waals surface area contributed by atoms with E-state index in [1.807, 2.05) is 23.1 Å². The zero-order valence-corrected chi connectivity index (χ0v) is 13.5. The minimum atomic E-state index is -0.268. The molecule has 0 unspecified atom stereocenters. The predicted molar refractivity (Wildman–Crippen MR) is 88.4 cm³/mol. The lowest BCUT2D eigenvalue weighted by molar-refractivity contribution is -0.140. The summed E-state index contributed by atoms with van der Waals surface area (Å²) in [5.74, 6) is -0.0263. The summed E-state index contributed by atoms with van der Waals surface area (Å²) in [4.78, 5) is 27.7. The molecule has 2 fully saturated rings. The van der Waals surface area contributed by atoms with Crippen LogP contribution in [-0.2, 0) is 16.1 Å². The quantitative estimate of drug-likeness (QED) is 0.913. The largest absolute Gasteiger partial charge is 0.369 e. The van der Waals surface area contributed by atoms with Gasteiger partial charge >= 0.3 is 0 Å². The average molecular weight is 315 g/mol. The van der Waals surface area contributed by atoms with Crippen molar-refractivity contribution >= 4 is 11.8 Å². The highest BCUT2D eigenvalue weighted by Crippen LogP contribution is 2.39. The number of nitrogens with zero attached hydrogens (tertiary/aromatic N) is 2. The fourth-order valence-corrected chi connectivity index (χ4v) is 4.05. The Morgan fingerprint density at radius 1 is 1.17 bits per heavy atom. The maximum Gasteiger partial charge on any atom is 0.231 e. The highest BCUT2D eigenvalue weighted by molar-refractivity contribution is 5.77. The normalized spacial score (nSPS) is 25.7. The molecule has 2 aliphatic heterocycles. The van der Waals surface area contributed by atoms with Crippen LogP contribution in [0.15, 0.2) is 30.3 Å². The molecule has 0 bridgehead atoms. The Kier molecular flexibility index (Phi) is 4.66. The standard InChI is InChI=1S/C18H25N3O2/c19-16(22)12-20-10-4-8-18(13-20)9-7-17(23)21(14-18)11-15-5-2-1-3-6-15/h1-3,5-6H,4,7-14H2,(H2,19,22)/t18-/m1/s1. The van der Waals surface area contributed by atoms with E-state index in [1.54, 1.807) is 0 Å². The van der Waals surface area contributed by atoms with Crippen LogP contribution < -0.4 is 5.73 Å². The first kappa shape index (κ1) is 16.0. The predicted octanol–water partition coefficient (Wildman–Crippen LogP) is 1.38. The van der Waals surface area contributed by atoms with Gasteiger partial charge in [-0.1, -0.05) is 30.3 Å². The molecule has 1 atom stereocenters. The van der Waals surface area contributed by atoms with E-state index in [1.165, 1.54) is 5.56 Å². The molecule has 2 aliphatic rings. The molecule has 2 heterocycles. The Hall–Kier alpha value is -1.88. The molecule has 0 aliphatic carbocycles. The van der Waals surface area contributed by atoms with Gasteiger partial charge in [-0.2, -0.15) is 0 Å². The van der Waals surface area contributed by atoms with E-state index in [0.29, 0.717) is 19.5 Å². The van der Waals surface area contributed by atoms with Gasteiger partial charge in [0.05, 0.1) is 6.54 Å². The third kappa shape index (κ3) is 3.91. The van der Waals surface area contributed by atoms with Crippen molar-refractivity contribution in [1.82, 2.24) is 9.80 Å². The highest BCUT2D eigenvalue weighted by atomic mass is 16.2. The van der Waals surface area contributed by atoms with E-state index in [-0.39, 0.29) is 17.2 Å². The lowest BCUT2D eigenvalue weighted by atomic mass is 9.73. The van der Waals surface area contributed by atoms with Crippen LogP contribution in [0.4, 0.5) is 0 Å². The van der Waals surface area contributed by atoms with Gasteiger partial charge in [0.1, 0.15) is 0 Å². The summed E-state index contributed by atoms with van der Waals surface area (Å²) in [6.45, 7) is 3.59. The Morgan fingerprint density at radius 3 is 2.70 bits per heavy atom. The van der Waals surface area contributed by atoms with Gasteiger partial charge < -0.3 is 10.6 Å². The van der Waals surface area contributed by atoms with Crippen LogP contribution in [0.1, 0.15) is 31.2 Å². The van der Waals surface area contributed by atoms with E-state index < -0.39 is 0 Å². The summed E-state index contributed by atoms with van der Waals surface area (Å²) >= 11 is 0.